The van der Waals surface area contributed by atoms with Crippen LogP contribution >= 0.6 is 0 Å². The summed E-state index contributed by atoms with van der Waals surface area (Å²) in [4.78, 5) is 11.6. The van der Waals surface area contributed by atoms with Crippen molar-refractivity contribution >= 4 is 5.91 Å². The molecule has 0 heterocycles. The summed E-state index contributed by atoms with van der Waals surface area (Å²) in [6.07, 6.45) is -3.82. The van der Waals surface area contributed by atoms with Crippen molar-refractivity contribution in [1.29, 1.82) is 0 Å². The number of hydrogen-bond donors (Lipinski definition) is 1. The van der Waals surface area contributed by atoms with E-state index in [9.17, 15) is 18.0 Å². The van der Waals surface area contributed by atoms with Gasteiger partial charge in [0.25, 0.3) is 5.91 Å². The lowest BCUT2D eigenvalue weighted by molar-refractivity contribution is -0.137. The molecule has 0 aliphatic rings. The van der Waals surface area contributed by atoms with Gasteiger partial charge in [-0.1, -0.05) is 6.07 Å². The Balaban J connectivity index is 2.53. The van der Waals surface area contributed by atoms with Crippen LogP contribution in [0.5, 0.6) is 0 Å². The molecule has 1 N–H and O–H groups in total. The van der Waals surface area contributed by atoms with Crippen LogP contribution in [-0.2, 0) is 10.9 Å². The Bertz CT molecular complexity index is 419. The maximum atomic E-state index is 12.5. The Hall–Kier alpha value is -1.56. The number of alkyl halides is 3. The van der Waals surface area contributed by atoms with Crippen molar-refractivity contribution in [3.63, 3.8) is 0 Å². The number of carbonyl (C=O) groups excluding carboxylic acids is 1. The summed E-state index contributed by atoms with van der Waals surface area (Å²) >= 11 is 0. The summed E-state index contributed by atoms with van der Waals surface area (Å²) in [5.74, 6) is -0.511. The fourth-order valence-corrected chi connectivity index (χ4v) is 1.46. The van der Waals surface area contributed by atoms with Crippen molar-refractivity contribution < 1.29 is 22.7 Å². The first-order valence-corrected chi connectivity index (χ1v) is 5.98. The summed E-state index contributed by atoms with van der Waals surface area (Å²) in [5, 5.41) is 2.55. The van der Waals surface area contributed by atoms with E-state index in [2.05, 4.69) is 5.32 Å². The van der Waals surface area contributed by atoms with Crippen molar-refractivity contribution in [2.24, 2.45) is 0 Å². The second-order valence-corrected chi connectivity index (χ2v) is 3.88. The van der Waals surface area contributed by atoms with Crippen LogP contribution < -0.4 is 5.32 Å². The predicted molar refractivity (Wildman–Crippen MR) is 64.9 cm³/mol. The van der Waals surface area contributed by atoms with Gasteiger partial charge in [0.05, 0.1) is 5.56 Å². The highest BCUT2D eigenvalue weighted by Crippen LogP contribution is 2.29. The van der Waals surface area contributed by atoms with E-state index in [1.54, 1.807) is 0 Å². The van der Waals surface area contributed by atoms with Gasteiger partial charge in [0.1, 0.15) is 0 Å². The molecule has 0 aliphatic carbocycles. The first-order chi connectivity index (χ1) is 8.95. The third-order valence-corrected chi connectivity index (χ3v) is 2.41. The highest BCUT2D eigenvalue weighted by atomic mass is 19.4. The van der Waals surface area contributed by atoms with E-state index in [-0.39, 0.29) is 5.56 Å². The molecule has 3 nitrogen and oxygen atoms in total. The molecule has 0 atom stereocenters. The first-order valence-electron chi connectivity index (χ1n) is 5.98. The third kappa shape index (κ3) is 5.30. The molecule has 0 saturated heterocycles. The van der Waals surface area contributed by atoms with Gasteiger partial charge in [-0.25, -0.2) is 0 Å². The Morgan fingerprint density at radius 1 is 1.37 bits per heavy atom. The van der Waals surface area contributed by atoms with Gasteiger partial charge in [0.2, 0.25) is 0 Å². The molecule has 0 spiro atoms. The first kappa shape index (κ1) is 15.5. The number of rotatable bonds is 6. The topological polar surface area (TPSA) is 38.3 Å². The number of hydrogen-bond acceptors (Lipinski definition) is 2. The second-order valence-electron chi connectivity index (χ2n) is 3.88. The zero-order chi connectivity index (χ0) is 14.3. The summed E-state index contributed by atoms with van der Waals surface area (Å²) < 4.78 is 42.5. The maximum absolute atomic E-state index is 12.5. The molecule has 1 rings (SSSR count). The average molecular weight is 275 g/mol. The second kappa shape index (κ2) is 7.13. The molecule has 0 saturated carbocycles. The normalized spacial score (nSPS) is 11.4. The van der Waals surface area contributed by atoms with Crippen LogP contribution in [0.1, 0.15) is 29.3 Å². The van der Waals surface area contributed by atoms with Gasteiger partial charge in [0.15, 0.2) is 0 Å². The van der Waals surface area contributed by atoms with Gasteiger partial charge < -0.3 is 10.1 Å². The quantitative estimate of drug-likeness (QED) is 0.811. The SMILES string of the molecule is CCOCCCNC(=O)c1cccc(C(F)(F)F)c1. The van der Waals surface area contributed by atoms with E-state index in [1.165, 1.54) is 12.1 Å². The molecule has 0 aromatic heterocycles. The Morgan fingerprint density at radius 2 is 2.11 bits per heavy atom. The van der Waals surface area contributed by atoms with Crippen LogP contribution in [0.3, 0.4) is 0 Å². The van der Waals surface area contributed by atoms with Gasteiger partial charge in [-0.05, 0) is 31.5 Å². The van der Waals surface area contributed by atoms with Gasteiger partial charge in [-0.2, -0.15) is 13.2 Å². The minimum absolute atomic E-state index is 0.00577. The number of benzene rings is 1. The lowest BCUT2D eigenvalue weighted by Gasteiger charge is -2.09. The number of carbonyl (C=O) groups is 1. The number of halogens is 3. The summed E-state index contributed by atoms with van der Waals surface area (Å²) in [7, 11) is 0. The molecular weight excluding hydrogens is 259 g/mol. The van der Waals surface area contributed by atoms with Crippen molar-refractivity contribution in [1.82, 2.24) is 5.32 Å². The Morgan fingerprint density at radius 3 is 2.74 bits per heavy atom. The zero-order valence-electron chi connectivity index (χ0n) is 10.6. The molecule has 0 bridgehead atoms. The zero-order valence-corrected chi connectivity index (χ0v) is 10.6. The molecule has 1 aromatic rings. The molecule has 6 heteroatoms. The minimum Gasteiger partial charge on any atom is -0.382 e. The van der Waals surface area contributed by atoms with E-state index in [4.69, 9.17) is 4.74 Å². The van der Waals surface area contributed by atoms with Gasteiger partial charge in [-0.3, -0.25) is 4.79 Å². The molecule has 0 unspecified atom stereocenters. The van der Waals surface area contributed by atoms with Crippen LogP contribution in [-0.4, -0.2) is 25.7 Å². The predicted octanol–water partition coefficient (Wildman–Crippen LogP) is 2.86. The maximum Gasteiger partial charge on any atom is 0.416 e. The minimum atomic E-state index is -4.44. The molecule has 1 aromatic carbocycles. The molecular formula is C13H16F3NO2. The van der Waals surface area contributed by atoms with Crippen LogP contribution in [0.25, 0.3) is 0 Å². The van der Waals surface area contributed by atoms with Crippen molar-refractivity contribution in [2.75, 3.05) is 19.8 Å². The lowest BCUT2D eigenvalue weighted by atomic mass is 10.1. The van der Waals surface area contributed by atoms with Crippen LogP contribution in [0.4, 0.5) is 13.2 Å². The van der Waals surface area contributed by atoms with Crippen LogP contribution in [0.15, 0.2) is 24.3 Å². The van der Waals surface area contributed by atoms with Crippen molar-refractivity contribution in [2.45, 2.75) is 19.5 Å². The van der Waals surface area contributed by atoms with Crippen molar-refractivity contribution in [3.05, 3.63) is 35.4 Å². The molecule has 19 heavy (non-hydrogen) atoms. The average Bonchev–Trinajstić information content (AvgIpc) is 2.37. The van der Waals surface area contributed by atoms with E-state index < -0.39 is 17.6 Å². The fourth-order valence-electron chi connectivity index (χ4n) is 1.46. The van der Waals surface area contributed by atoms with E-state index in [0.29, 0.717) is 26.2 Å². The summed E-state index contributed by atoms with van der Waals surface area (Å²) in [6, 6.07) is 4.36. The highest BCUT2D eigenvalue weighted by Gasteiger charge is 2.30. The van der Waals surface area contributed by atoms with E-state index in [0.717, 1.165) is 12.1 Å². The lowest BCUT2D eigenvalue weighted by Crippen LogP contribution is -2.25. The number of amides is 1. The number of nitrogens with one attached hydrogen (secondary N) is 1. The summed E-state index contributed by atoms with van der Waals surface area (Å²) in [6.45, 7) is 3.34. The van der Waals surface area contributed by atoms with Crippen molar-refractivity contribution in [3.8, 4) is 0 Å². The molecule has 1 amide bonds. The fraction of sp³-hybridized carbons (Fsp3) is 0.462. The molecule has 106 valence electrons. The van der Waals surface area contributed by atoms with Crippen LogP contribution in [0.2, 0.25) is 0 Å². The molecule has 0 fully saturated rings. The van der Waals surface area contributed by atoms with Crippen LogP contribution in [0, 0.1) is 0 Å². The molecule has 0 radical (unpaired) electrons. The van der Waals surface area contributed by atoms with Gasteiger partial charge in [0, 0.05) is 25.3 Å². The highest BCUT2D eigenvalue weighted by molar-refractivity contribution is 5.94. The smallest absolute Gasteiger partial charge is 0.382 e. The standard InChI is InChI=1S/C13H16F3NO2/c1-2-19-8-4-7-17-12(18)10-5-3-6-11(9-10)13(14,15)16/h3,5-6,9H,2,4,7-8H2,1H3,(H,17,18). The Kier molecular flexibility index (Phi) is 5.82. The van der Waals surface area contributed by atoms with Gasteiger partial charge in [-0.15, -0.1) is 0 Å². The monoisotopic (exact) mass is 275 g/mol. The summed E-state index contributed by atoms with van der Waals surface area (Å²) in [5.41, 5.74) is -0.819. The third-order valence-electron chi connectivity index (χ3n) is 2.41. The number of ether oxygens (including phenoxy) is 1. The van der Waals surface area contributed by atoms with E-state index >= 15 is 0 Å². The van der Waals surface area contributed by atoms with Gasteiger partial charge >= 0.3 is 6.18 Å². The van der Waals surface area contributed by atoms with E-state index in [1.807, 2.05) is 6.92 Å². The largest absolute Gasteiger partial charge is 0.416 e. The molecule has 0 aliphatic heterocycles. The Labute approximate surface area is 109 Å².